The topological polar surface area (TPSA) is 195 Å². The number of aromatic nitrogens is 3. The Morgan fingerprint density at radius 3 is 1.44 bits per heavy atom. The molecule has 232 valence electrons. The molecule has 0 saturated carbocycles. The zero-order valence-electron chi connectivity index (χ0n) is 25.2. The molecule has 0 radical (unpaired) electrons. The Bertz CT molecular complexity index is 1130. The van der Waals surface area contributed by atoms with E-state index in [2.05, 4.69) is 79.0 Å². The van der Waals surface area contributed by atoms with Crippen LogP contribution in [-0.4, -0.2) is 66.1 Å². The number of benzene rings is 2. The Morgan fingerprint density at radius 2 is 1.02 bits per heavy atom. The fourth-order valence-electron chi connectivity index (χ4n) is 4.51. The second kappa shape index (κ2) is 19.5. The number of hydrogen-bond acceptors (Lipinski definition) is 8. The second-order valence-corrected chi connectivity index (χ2v) is 10.3. The molecule has 0 bridgehead atoms. The monoisotopic (exact) mass is 588 g/mol. The van der Waals surface area contributed by atoms with E-state index < -0.39 is 0 Å². The molecule has 0 fully saturated rings. The fraction of sp³-hybridized carbons (Fsp3) is 0.452. The largest absolute Gasteiger partial charge is 0.370 e. The van der Waals surface area contributed by atoms with Gasteiger partial charge in [0.1, 0.15) is 0 Å². The van der Waals surface area contributed by atoms with Crippen molar-refractivity contribution in [2.45, 2.75) is 51.4 Å². The molecule has 12 heteroatoms. The minimum absolute atomic E-state index is 0.0805. The molecule has 3 aromatic rings. The van der Waals surface area contributed by atoms with Gasteiger partial charge in [-0.2, -0.15) is 15.0 Å². The first-order chi connectivity index (χ1) is 21.0. The molecule has 0 aliphatic carbocycles. The van der Waals surface area contributed by atoms with Gasteiger partial charge in [-0.3, -0.25) is 9.98 Å². The third kappa shape index (κ3) is 14.2. The Kier molecular flexibility index (Phi) is 14.9. The molecule has 10 N–H and O–H groups in total. The van der Waals surface area contributed by atoms with Gasteiger partial charge in [0, 0.05) is 39.3 Å². The summed E-state index contributed by atoms with van der Waals surface area (Å²) in [6.07, 6.45) is 7.69. The van der Waals surface area contributed by atoms with Crippen LogP contribution in [-0.2, 0) is 12.8 Å². The number of hydrogen-bond donors (Lipinski definition) is 6. The quantitative estimate of drug-likeness (QED) is 0.0612. The molecule has 0 aliphatic heterocycles. The van der Waals surface area contributed by atoms with Crippen LogP contribution in [0.2, 0.25) is 0 Å². The highest BCUT2D eigenvalue weighted by molar-refractivity contribution is 5.75. The van der Waals surface area contributed by atoms with Crippen LogP contribution in [0, 0.1) is 0 Å². The van der Waals surface area contributed by atoms with Crippen molar-refractivity contribution in [3.05, 3.63) is 71.8 Å². The molecule has 0 unspecified atom stereocenters. The molecular formula is C31H48N12. The van der Waals surface area contributed by atoms with Gasteiger partial charge in [0.15, 0.2) is 11.9 Å². The molecule has 0 spiro atoms. The van der Waals surface area contributed by atoms with Gasteiger partial charge in [0.25, 0.3) is 0 Å². The zero-order valence-corrected chi connectivity index (χ0v) is 25.2. The SMILES string of the molecule is NC(N)=NCCCN(CCCN=C(N)N)c1nc(NCCCCc2ccccc2)nc(NCCCCc2ccccc2)n1. The lowest BCUT2D eigenvalue weighted by atomic mass is 10.1. The van der Waals surface area contributed by atoms with E-state index in [1.165, 1.54) is 11.1 Å². The smallest absolute Gasteiger partial charge is 0.231 e. The summed E-state index contributed by atoms with van der Waals surface area (Å²) in [7, 11) is 0. The van der Waals surface area contributed by atoms with Gasteiger partial charge in [-0.1, -0.05) is 60.7 Å². The first kappa shape index (κ1) is 32.9. The molecule has 0 aliphatic rings. The molecular weight excluding hydrogens is 540 g/mol. The maximum absolute atomic E-state index is 5.51. The van der Waals surface area contributed by atoms with Gasteiger partial charge in [-0.25, -0.2) is 0 Å². The van der Waals surface area contributed by atoms with Crippen LogP contribution in [0.25, 0.3) is 0 Å². The summed E-state index contributed by atoms with van der Waals surface area (Å²) in [4.78, 5) is 24.6. The molecule has 1 heterocycles. The highest BCUT2D eigenvalue weighted by Crippen LogP contribution is 2.16. The van der Waals surface area contributed by atoms with Crippen molar-refractivity contribution in [1.82, 2.24) is 15.0 Å². The minimum atomic E-state index is 0.0805. The van der Waals surface area contributed by atoms with Crippen molar-refractivity contribution in [2.75, 3.05) is 54.8 Å². The van der Waals surface area contributed by atoms with Crippen molar-refractivity contribution < 1.29 is 0 Å². The maximum Gasteiger partial charge on any atom is 0.231 e. The number of nitrogens with two attached hydrogens (primary N) is 4. The molecule has 0 saturated heterocycles. The van der Waals surface area contributed by atoms with Crippen LogP contribution in [0.15, 0.2) is 70.6 Å². The lowest BCUT2D eigenvalue weighted by Crippen LogP contribution is -2.30. The number of nitrogens with zero attached hydrogens (tertiary/aromatic N) is 6. The van der Waals surface area contributed by atoms with Gasteiger partial charge in [-0.15, -0.1) is 0 Å². The summed E-state index contributed by atoms with van der Waals surface area (Å²) in [5.41, 5.74) is 24.8. The van der Waals surface area contributed by atoms with Gasteiger partial charge in [0.05, 0.1) is 0 Å². The van der Waals surface area contributed by atoms with E-state index in [1.807, 2.05) is 12.1 Å². The van der Waals surface area contributed by atoms with Gasteiger partial charge in [0.2, 0.25) is 17.8 Å². The number of nitrogens with one attached hydrogen (secondary N) is 2. The Hall–Kier alpha value is -4.61. The predicted octanol–water partition coefficient (Wildman–Crippen LogP) is 2.87. The number of unbranched alkanes of at least 4 members (excludes halogenated alkanes) is 2. The van der Waals surface area contributed by atoms with Crippen LogP contribution in [0.1, 0.15) is 49.7 Å². The van der Waals surface area contributed by atoms with E-state index in [1.54, 1.807) is 0 Å². The van der Waals surface area contributed by atoms with Crippen LogP contribution in [0.3, 0.4) is 0 Å². The molecule has 2 aromatic carbocycles. The zero-order chi connectivity index (χ0) is 30.5. The Balaban J connectivity index is 1.64. The van der Waals surface area contributed by atoms with E-state index in [0.29, 0.717) is 44.0 Å². The van der Waals surface area contributed by atoms with E-state index in [4.69, 9.17) is 32.9 Å². The second-order valence-electron chi connectivity index (χ2n) is 10.3. The van der Waals surface area contributed by atoms with E-state index in [0.717, 1.165) is 64.5 Å². The van der Waals surface area contributed by atoms with Crippen molar-refractivity contribution in [3.63, 3.8) is 0 Å². The standard InChI is InChI=1S/C31H48N12/c32-27(33)36-21-11-23-43(24-12-22-37-28(34)35)31-41-29(38-19-9-7-17-25-13-3-1-4-14-25)40-30(42-31)39-20-10-8-18-26-15-5-2-6-16-26/h1-6,13-16H,7-12,17-24H2,(H4,32,33,36)(H4,34,35,37)(H2,38,39,40,41,42). The van der Waals surface area contributed by atoms with Gasteiger partial charge < -0.3 is 38.5 Å². The first-order valence-electron chi connectivity index (χ1n) is 15.2. The Morgan fingerprint density at radius 1 is 0.581 bits per heavy atom. The predicted molar refractivity (Wildman–Crippen MR) is 178 cm³/mol. The summed E-state index contributed by atoms with van der Waals surface area (Å²) in [6.45, 7) is 3.88. The summed E-state index contributed by atoms with van der Waals surface area (Å²) in [5.74, 6) is 1.85. The van der Waals surface area contributed by atoms with E-state index in [9.17, 15) is 0 Å². The average Bonchev–Trinajstić information content (AvgIpc) is 3.00. The van der Waals surface area contributed by atoms with Crippen LogP contribution in [0.4, 0.5) is 17.8 Å². The lowest BCUT2D eigenvalue weighted by molar-refractivity contribution is 0.682. The van der Waals surface area contributed by atoms with Crippen molar-refractivity contribution in [1.29, 1.82) is 0 Å². The molecule has 1 aromatic heterocycles. The number of aryl methyl sites for hydroxylation is 2. The maximum atomic E-state index is 5.51. The normalized spacial score (nSPS) is 10.6. The summed E-state index contributed by atoms with van der Waals surface area (Å²) in [5, 5.41) is 6.83. The lowest BCUT2D eigenvalue weighted by Gasteiger charge is -2.23. The third-order valence-electron chi connectivity index (χ3n) is 6.70. The summed E-state index contributed by atoms with van der Waals surface area (Å²) < 4.78 is 0. The third-order valence-corrected chi connectivity index (χ3v) is 6.70. The Labute approximate surface area is 255 Å². The van der Waals surface area contributed by atoms with E-state index in [-0.39, 0.29) is 11.9 Å². The number of anilines is 3. The number of aliphatic imine (C=N–C) groups is 2. The van der Waals surface area contributed by atoms with E-state index >= 15 is 0 Å². The highest BCUT2D eigenvalue weighted by atomic mass is 15.3. The molecule has 43 heavy (non-hydrogen) atoms. The first-order valence-corrected chi connectivity index (χ1v) is 15.2. The molecule has 0 atom stereocenters. The summed E-state index contributed by atoms with van der Waals surface area (Å²) in [6, 6.07) is 21.1. The van der Waals surface area contributed by atoms with Gasteiger partial charge in [-0.05, 0) is 62.5 Å². The summed E-state index contributed by atoms with van der Waals surface area (Å²) >= 11 is 0. The van der Waals surface area contributed by atoms with Crippen LogP contribution in [0.5, 0.6) is 0 Å². The van der Waals surface area contributed by atoms with Crippen molar-refractivity contribution >= 4 is 29.8 Å². The minimum Gasteiger partial charge on any atom is -0.370 e. The van der Waals surface area contributed by atoms with Gasteiger partial charge >= 0.3 is 0 Å². The molecule has 12 nitrogen and oxygen atoms in total. The van der Waals surface area contributed by atoms with Crippen molar-refractivity contribution in [2.24, 2.45) is 32.9 Å². The van der Waals surface area contributed by atoms with Crippen molar-refractivity contribution in [3.8, 4) is 0 Å². The molecule has 3 rings (SSSR count). The fourth-order valence-corrected chi connectivity index (χ4v) is 4.51. The average molecular weight is 589 g/mol. The van der Waals surface area contributed by atoms with Crippen LogP contribution >= 0.6 is 0 Å². The highest BCUT2D eigenvalue weighted by Gasteiger charge is 2.14. The molecule has 0 amide bonds. The number of guanidine groups is 2. The van der Waals surface area contributed by atoms with Crippen LogP contribution < -0.4 is 38.5 Å². The number of rotatable bonds is 21.